The lowest BCUT2D eigenvalue weighted by atomic mass is 10.3. The molecular weight excluding hydrogens is 208 g/mol. The maximum absolute atomic E-state index is 10.4. The Balaban J connectivity index is 2.19. The summed E-state index contributed by atoms with van der Waals surface area (Å²) in [5.74, 6) is 0.457. The highest BCUT2D eigenvalue weighted by Crippen LogP contribution is 2.15. The Morgan fingerprint density at radius 3 is 3.06 bits per heavy atom. The molecule has 6 nitrogen and oxygen atoms in total. The van der Waals surface area contributed by atoms with Crippen LogP contribution >= 0.6 is 0 Å². The van der Waals surface area contributed by atoms with Crippen molar-refractivity contribution in [2.45, 2.75) is 12.8 Å². The summed E-state index contributed by atoms with van der Waals surface area (Å²) in [5.41, 5.74) is 0.941. The minimum atomic E-state index is -0.837. The predicted molar refractivity (Wildman–Crippen MR) is 56.7 cm³/mol. The van der Waals surface area contributed by atoms with Gasteiger partial charge in [0.1, 0.15) is 0 Å². The quantitative estimate of drug-likeness (QED) is 0.799. The van der Waals surface area contributed by atoms with Crippen LogP contribution in [0.25, 0.3) is 11.4 Å². The van der Waals surface area contributed by atoms with E-state index >= 15 is 0 Å². The molecule has 84 valence electrons. The Kier molecular flexibility index (Phi) is 2.72. The fourth-order valence-corrected chi connectivity index (χ4v) is 1.48. The number of carboxylic acid groups (broad SMARTS) is 1. The van der Waals surface area contributed by atoms with Crippen LogP contribution in [0.1, 0.15) is 12.2 Å². The van der Waals surface area contributed by atoms with Gasteiger partial charge in [0, 0.05) is 31.4 Å². The lowest BCUT2D eigenvalue weighted by Crippen LogP contribution is -1.99. The van der Waals surface area contributed by atoms with Gasteiger partial charge in [-0.25, -0.2) is 9.67 Å². The molecule has 16 heavy (non-hydrogen) atoms. The monoisotopic (exact) mass is 220 g/mol. The standard InChI is InChI=1S/C10H12N4O2/c1-14-10(7-4-5-11-6-7)12-8(13-14)2-3-9(15)16/h4-6,11H,2-3H2,1H3,(H,15,16). The van der Waals surface area contributed by atoms with Crippen LogP contribution in [0.2, 0.25) is 0 Å². The van der Waals surface area contributed by atoms with Crippen molar-refractivity contribution < 1.29 is 9.90 Å². The molecule has 2 heterocycles. The fraction of sp³-hybridized carbons (Fsp3) is 0.300. The van der Waals surface area contributed by atoms with Gasteiger partial charge < -0.3 is 10.1 Å². The Bertz CT molecular complexity index is 487. The number of hydrogen-bond donors (Lipinski definition) is 2. The number of nitrogens with zero attached hydrogens (tertiary/aromatic N) is 3. The summed E-state index contributed by atoms with van der Waals surface area (Å²) in [6.07, 6.45) is 4.04. The van der Waals surface area contributed by atoms with Gasteiger partial charge in [-0.05, 0) is 6.07 Å². The van der Waals surface area contributed by atoms with Gasteiger partial charge in [-0.2, -0.15) is 5.10 Å². The number of aliphatic carboxylic acids is 1. The van der Waals surface area contributed by atoms with E-state index in [1.807, 2.05) is 12.3 Å². The average Bonchev–Trinajstić information content (AvgIpc) is 2.83. The van der Waals surface area contributed by atoms with Gasteiger partial charge in [-0.15, -0.1) is 0 Å². The van der Waals surface area contributed by atoms with Crippen molar-refractivity contribution in [3.8, 4) is 11.4 Å². The van der Waals surface area contributed by atoms with Gasteiger partial charge in [0.2, 0.25) is 0 Å². The number of aryl methyl sites for hydroxylation is 2. The highest BCUT2D eigenvalue weighted by atomic mass is 16.4. The first-order chi connectivity index (χ1) is 7.66. The lowest BCUT2D eigenvalue weighted by Gasteiger charge is -1.93. The third-order valence-corrected chi connectivity index (χ3v) is 2.23. The zero-order valence-electron chi connectivity index (χ0n) is 8.84. The number of carbonyl (C=O) groups is 1. The smallest absolute Gasteiger partial charge is 0.303 e. The number of H-pyrrole nitrogens is 1. The normalized spacial score (nSPS) is 10.6. The Labute approximate surface area is 91.9 Å². The summed E-state index contributed by atoms with van der Waals surface area (Å²) < 4.78 is 1.65. The van der Waals surface area contributed by atoms with E-state index in [2.05, 4.69) is 15.1 Å². The Hall–Kier alpha value is -2.11. The molecule has 0 aliphatic heterocycles. The number of hydrogen-bond acceptors (Lipinski definition) is 3. The molecular formula is C10H12N4O2. The number of rotatable bonds is 4. The van der Waals surface area contributed by atoms with Crippen molar-refractivity contribution in [2.75, 3.05) is 0 Å². The van der Waals surface area contributed by atoms with Crippen molar-refractivity contribution in [3.63, 3.8) is 0 Å². The molecule has 2 rings (SSSR count). The van der Waals surface area contributed by atoms with Crippen molar-refractivity contribution >= 4 is 5.97 Å². The molecule has 0 unspecified atom stereocenters. The van der Waals surface area contributed by atoms with Gasteiger partial charge in [-0.3, -0.25) is 4.79 Å². The maximum Gasteiger partial charge on any atom is 0.303 e. The molecule has 0 amide bonds. The minimum Gasteiger partial charge on any atom is -0.481 e. The maximum atomic E-state index is 10.4. The van der Waals surface area contributed by atoms with Crippen molar-refractivity contribution in [1.82, 2.24) is 19.7 Å². The third kappa shape index (κ3) is 2.10. The topological polar surface area (TPSA) is 83.8 Å². The molecule has 2 N–H and O–H groups in total. The van der Waals surface area contributed by atoms with Gasteiger partial charge in [0.05, 0.1) is 6.42 Å². The van der Waals surface area contributed by atoms with Crippen LogP contribution in [0, 0.1) is 0 Å². The molecule has 2 aromatic heterocycles. The van der Waals surface area contributed by atoms with Crippen molar-refractivity contribution in [2.24, 2.45) is 7.05 Å². The number of aromatic amines is 1. The van der Waals surface area contributed by atoms with E-state index in [9.17, 15) is 4.79 Å². The van der Waals surface area contributed by atoms with Crippen LogP contribution in [0.4, 0.5) is 0 Å². The average molecular weight is 220 g/mol. The molecule has 0 aliphatic carbocycles. The van der Waals surface area contributed by atoms with Crippen molar-refractivity contribution in [1.29, 1.82) is 0 Å². The van der Waals surface area contributed by atoms with E-state index in [0.29, 0.717) is 12.2 Å². The number of carboxylic acids is 1. The van der Waals surface area contributed by atoms with Gasteiger partial charge in [0.25, 0.3) is 0 Å². The van der Waals surface area contributed by atoms with E-state index in [4.69, 9.17) is 5.11 Å². The van der Waals surface area contributed by atoms with Crippen LogP contribution in [0.5, 0.6) is 0 Å². The van der Waals surface area contributed by atoms with Gasteiger partial charge in [0.15, 0.2) is 11.6 Å². The Morgan fingerprint density at radius 1 is 1.62 bits per heavy atom. The molecule has 0 aliphatic rings. The predicted octanol–water partition coefficient (Wildman–Crippen LogP) is 0.827. The molecule has 6 heteroatoms. The molecule has 0 saturated heterocycles. The summed E-state index contributed by atoms with van der Waals surface area (Å²) >= 11 is 0. The summed E-state index contributed by atoms with van der Waals surface area (Å²) in [5, 5.41) is 12.7. The largest absolute Gasteiger partial charge is 0.481 e. The first kappa shape index (κ1) is 10.4. The summed E-state index contributed by atoms with van der Waals surface area (Å²) in [6, 6.07) is 1.89. The van der Waals surface area contributed by atoms with Crippen LogP contribution in [-0.2, 0) is 18.3 Å². The number of aromatic nitrogens is 4. The van der Waals surface area contributed by atoms with Crippen molar-refractivity contribution in [3.05, 3.63) is 24.3 Å². The molecule has 0 spiro atoms. The fourth-order valence-electron chi connectivity index (χ4n) is 1.48. The highest BCUT2D eigenvalue weighted by Gasteiger charge is 2.10. The van der Waals surface area contributed by atoms with E-state index in [-0.39, 0.29) is 6.42 Å². The third-order valence-electron chi connectivity index (χ3n) is 2.23. The van der Waals surface area contributed by atoms with Crippen LogP contribution in [-0.4, -0.2) is 30.8 Å². The molecule has 0 radical (unpaired) electrons. The van der Waals surface area contributed by atoms with E-state index < -0.39 is 5.97 Å². The Morgan fingerprint density at radius 2 is 2.44 bits per heavy atom. The lowest BCUT2D eigenvalue weighted by molar-refractivity contribution is -0.137. The second kappa shape index (κ2) is 4.18. The van der Waals surface area contributed by atoms with Crippen LogP contribution in [0.15, 0.2) is 18.5 Å². The van der Waals surface area contributed by atoms with Gasteiger partial charge >= 0.3 is 5.97 Å². The van der Waals surface area contributed by atoms with E-state index in [0.717, 1.165) is 11.4 Å². The molecule has 0 atom stereocenters. The first-order valence-corrected chi connectivity index (χ1v) is 4.91. The molecule has 0 fully saturated rings. The molecule has 0 bridgehead atoms. The van der Waals surface area contributed by atoms with Crippen LogP contribution < -0.4 is 0 Å². The highest BCUT2D eigenvalue weighted by molar-refractivity contribution is 5.66. The second-order valence-corrected chi connectivity index (χ2v) is 3.47. The molecule has 0 aromatic carbocycles. The molecule has 2 aromatic rings. The summed E-state index contributed by atoms with van der Waals surface area (Å²) in [6.45, 7) is 0. The molecule has 0 saturated carbocycles. The summed E-state index contributed by atoms with van der Waals surface area (Å²) in [7, 11) is 1.79. The second-order valence-electron chi connectivity index (χ2n) is 3.47. The van der Waals surface area contributed by atoms with Gasteiger partial charge in [-0.1, -0.05) is 0 Å². The summed E-state index contributed by atoms with van der Waals surface area (Å²) in [4.78, 5) is 17.7. The zero-order chi connectivity index (χ0) is 11.5. The number of nitrogens with one attached hydrogen (secondary N) is 1. The first-order valence-electron chi connectivity index (χ1n) is 4.91. The zero-order valence-corrected chi connectivity index (χ0v) is 8.84. The van der Waals surface area contributed by atoms with E-state index in [1.165, 1.54) is 0 Å². The minimum absolute atomic E-state index is 0.0522. The van der Waals surface area contributed by atoms with Crippen LogP contribution in [0.3, 0.4) is 0 Å². The SMILES string of the molecule is Cn1nc(CCC(=O)O)nc1-c1cc[nH]c1. The van der Waals surface area contributed by atoms with E-state index in [1.54, 1.807) is 17.9 Å².